The molecule has 0 aliphatic rings. The SMILES string of the molecule is CCN(CCO)CC(O)COc1ccc(C(C)(C)C)cc1C. The lowest BCUT2D eigenvalue weighted by atomic mass is 9.86. The highest BCUT2D eigenvalue weighted by Crippen LogP contribution is 2.27. The van der Waals surface area contributed by atoms with Gasteiger partial charge in [-0.1, -0.05) is 39.8 Å². The fourth-order valence-electron chi connectivity index (χ4n) is 2.33. The Bertz CT molecular complexity index is 454. The van der Waals surface area contributed by atoms with E-state index in [-0.39, 0.29) is 18.6 Å². The number of benzene rings is 1. The highest BCUT2D eigenvalue weighted by atomic mass is 16.5. The van der Waals surface area contributed by atoms with Gasteiger partial charge in [0.15, 0.2) is 0 Å². The van der Waals surface area contributed by atoms with Crippen LogP contribution in [-0.4, -0.2) is 54.1 Å². The molecule has 0 aliphatic carbocycles. The molecule has 1 unspecified atom stereocenters. The molecule has 0 radical (unpaired) electrons. The molecule has 2 N–H and O–H groups in total. The Hall–Kier alpha value is -1.10. The summed E-state index contributed by atoms with van der Waals surface area (Å²) in [6, 6.07) is 6.21. The summed E-state index contributed by atoms with van der Waals surface area (Å²) >= 11 is 0. The van der Waals surface area contributed by atoms with Crippen LogP contribution in [0.3, 0.4) is 0 Å². The highest BCUT2D eigenvalue weighted by Gasteiger charge is 2.16. The number of aliphatic hydroxyl groups is 2. The summed E-state index contributed by atoms with van der Waals surface area (Å²) in [5.41, 5.74) is 2.48. The zero-order chi connectivity index (χ0) is 16.8. The lowest BCUT2D eigenvalue weighted by Gasteiger charge is -2.23. The summed E-state index contributed by atoms with van der Waals surface area (Å²) in [4.78, 5) is 2.00. The van der Waals surface area contributed by atoms with Gasteiger partial charge in [-0.05, 0) is 36.1 Å². The first-order valence-electron chi connectivity index (χ1n) is 8.03. The van der Waals surface area contributed by atoms with E-state index < -0.39 is 6.10 Å². The summed E-state index contributed by atoms with van der Waals surface area (Å²) in [7, 11) is 0. The molecule has 0 bridgehead atoms. The second-order valence-corrected chi connectivity index (χ2v) is 6.81. The standard InChI is InChI=1S/C18H31NO3/c1-6-19(9-10-20)12-16(21)13-22-17-8-7-15(11-14(17)2)18(3,4)5/h7-8,11,16,20-21H,6,9-10,12-13H2,1-5H3. The number of aryl methyl sites for hydroxylation is 1. The molecule has 4 nitrogen and oxygen atoms in total. The molecule has 0 saturated carbocycles. The first-order valence-corrected chi connectivity index (χ1v) is 8.03. The lowest BCUT2D eigenvalue weighted by Crippen LogP contribution is -2.37. The van der Waals surface area contributed by atoms with Gasteiger partial charge < -0.3 is 14.9 Å². The third kappa shape index (κ3) is 5.95. The normalized spacial score (nSPS) is 13.5. The molecule has 0 aliphatic heterocycles. The molecule has 22 heavy (non-hydrogen) atoms. The number of hydrogen-bond donors (Lipinski definition) is 2. The summed E-state index contributed by atoms with van der Waals surface area (Å²) < 4.78 is 5.75. The molecule has 1 rings (SSSR count). The van der Waals surface area contributed by atoms with E-state index in [0.29, 0.717) is 13.1 Å². The topological polar surface area (TPSA) is 52.9 Å². The quantitative estimate of drug-likeness (QED) is 0.774. The van der Waals surface area contributed by atoms with Crippen molar-refractivity contribution < 1.29 is 14.9 Å². The number of rotatable bonds is 8. The van der Waals surface area contributed by atoms with E-state index in [4.69, 9.17) is 9.84 Å². The van der Waals surface area contributed by atoms with Crippen LogP contribution < -0.4 is 4.74 Å². The molecule has 126 valence electrons. The van der Waals surface area contributed by atoms with Crippen LogP contribution in [0.15, 0.2) is 18.2 Å². The van der Waals surface area contributed by atoms with Crippen molar-refractivity contribution in [1.82, 2.24) is 4.90 Å². The molecule has 0 saturated heterocycles. The Kier molecular flexibility index (Phi) is 7.33. The molecule has 1 aromatic rings. The van der Waals surface area contributed by atoms with Gasteiger partial charge in [0.25, 0.3) is 0 Å². The second kappa shape index (κ2) is 8.51. The van der Waals surface area contributed by atoms with Gasteiger partial charge in [0.2, 0.25) is 0 Å². The largest absolute Gasteiger partial charge is 0.491 e. The average Bonchev–Trinajstić information content (AvgIpc) is 2.44. The van der Waals surface area contributed by atoms with Crippen molar-refractivity contribution in [2.75, 3.05) is 32.8 Å². The minimum atomic E-state index is -0.562. The zero-order valence-corrected chi connectivity index (χ0v) is 14.6. The Balaban J connectivity index is 2.57. The summed E-state index contributed by atoms with van der Waals surface area (Å²) in [6.45, 7) is 12.9. The number of likely N-dealkylation sites (N-methyl/N-ethyl adjacent to an activating group) is 1. The van der Waals surface area contributed by atoms with Crippen LogP contribution in [0.1, 0.15) is 38.8 Å². The summed E-state index contributed by atoms with van der Waals surface area (Å²) in [6.07, 6.45) is -0.562. The number of hydrogen-bond acceptors (Lipinski definition) is 4. The van der Waals surface area contributed by atoms with Gasteiger partial charge in [-0.3, -0.25) is 4.90 Å². The molecule has 0 fully saturated rings. The lowest BCUT2D eigenvalue weighted by molar-refractivity contribution is 0.0636. The van der Waals surface area contributed by atoms with Crippen LogP contribution in [0, 0.1) is 6.92 Å². The molecule has 4 heteroatoms. The van der Waals surface area contributed by atoms with E-state index in [2.05, 4.69) is 32.9 Å². The van der Waals surface area contributed by atoms with E-state index in [9.17, 15) is 5.11 Å². The van der Waals surface area contributed by atoms with Crippen molar-refractivity contribution in [2.45, 2.75) is 46.1 Å². The van der Waals surface area contributed by atoms with E-state index in [1.807, 2.05) is 24.8 Å². The van der Waals surface area contributed by atoms with E-state index in [0.717, 1.165) is 17.9 Å². The Morgan fingerprint density at radius 1 is 1.27 bits per heavy atom. The monoisotopic (exact) mass is 309 g/mol. The van der Waals surface area contributed by atoms with Gasteiger partial charge in [0.05, 0.1) is 6.61 Å². The highest BCUT2D eigenvalue weighted by molar-refractivity contribution is 5.38. The Morgan fingerprint density at radius 3 is 2.45 bits per heavy atom. The van der Waals surface area contributed by atoms with Crippen LogP contribution in [-0.2, 0) is 5.41 Å². The van der Waals surface area contributed by atoms with Crippen molar-refractivity contribution >= 4 is 0 Å². The zero-order valence-electron chi connectivity index (χ0n) is 14.6. The van der Waals surface area contributed by atoms with Crippen molar-refractivity contribution in [3.8, 4) is 5.75 Å². The second-order valence-electron chi connectivity index (χ2n) is 6.81. The van der Waals surface area contributed by atoms with E-state index in [1.165, 1.54) is 5.56 Å². The van der Waals surface area contributed by atoms with Crippen molar-refractivity contribution in [3.63, 3.8) is 0 Å². The van der Waals surface area contributed by atoms with Gasteiger partial charge >= 0.3 is 0 Å². The van der Waals surface area contributed by atoms with Gasteiger partial charge in [-0.25, -0.2) is 0 Å². The first-order chi connectivity index (χ1) is 10.3. The molecule has 0 amide bonds. The van der Waals surface area contributed by atoms with E-state index in [1.54, 1.807) is 0 Å². The third-order valence-corrected chi connectivity index (χ3v) is 3.80. The van der Waals surface area contributed by atoms with E-state index >= 15 is 0 Å². The fraction of sp³-hybridized carbons (Fsp3) is 0.667. The third-order valence-electron chi connectivity index (χ3n) is 3.80. The smallest absolute Gasteiger partial charge is 0.122 e. The molecular formula is C18H31NO3. The predicted octanol–water partition coefficient (Wildman–Crippen LogP) is 2.35. The Labute approximate surface area is 134 Å². The van der Waals surface area contributed by atoms with Crippen LogP contribution in [0.25, 0.3) is 0 Å². The Morgan fingerprint density at radius 2 is 1.95 bits per heavy atom. The first kappa shape index (κ1) is 18.9. The van der Waals surface area contributed by atoms with Crippen LogP contribution >= 0.6 is 0 Å². The average molecular weight is 309 g/mol. The summed E-state index contributed by atoms with van der Waals surface area (Å²) in [5.74, 6) is 0.817. The van der Waals surface area contributed by atoms with Crippen LogP contribution in [0.4, 0.5) is 0 Å². The molecule has 1 atom stereocenters. The van der Waals surface area contributed by atoms with Crippen molar-refractivity contribution in [3.05, 3.63) is 29.3 Å². The van der Waals surface area contributed by atoms with Crippen LogP contribution in [0.5, 0.6) is 5.75 Å². The molecule has 0 spiro atoms. The van der Waals surface area contributed by atoms with Gasteiger partial charge in [-0.15, -0.1) is 0 Å². The maximum Gasteiger partial charge on any atom is 0.122 e. The maximum atomic E-state index is 10.1. The minimum absolute atomic E-state index is 0.106. The molecular weight excluding hydrogens is 278 g/mol. The van der Waals surface area contributed by atoms with Gasteiger partial charge in [-0.2, -0.15) is 0 Å². The number of aliphatic hydroxyl groups excluding tert-OH is 2. The number of ether oxygens (including phenoxy) is 1. The fourth-order valence-corrected chi connectivity index (χ4v) is 2.33. The number of nitrogens with zero attached hydrogens (tertiary/aromatic N) is 1. The van der Waals surface area contributed by atoms with Gasteiger partial charge in [0, 0.05) is 13.1 Å². The molecule has 0 heterocycles. The predicted molar refractivity (Wildman–Crippen MR) is 90.6 cm³/mol. The van der Waals surface area contributed by atoms with Crippen LogP contribution in [0.2, 0.25) is 0 Å². The van der Waals surface area contributed by atoms with Crippen molar-refractivity contribution in [2.24, 2.45) is 0 Å². The van der Waals surface area contributed by atoms with Gasteiger partial charge in [0.1, 0.15) is 18.5 Å². The maximum absolute atomic E-state index is 10.1. The summed E-state index contributed by atoms with van der Waals surface area (Å²) in [5, 5.41) is 19.0. The molecule has 1 aromatic carbocycles. The van der Waals surface area contributed by atoms with Crippen molar-refractivity contribution in [1.29, 1.82) is 0 Å². The minimum Gasteiger partial charge on any atom is -0.491 e. The molecule has 0 aromatic heterocycles.